The molecule has 2 aromatic heterocycles. The minimum absolute atomic E-state index is 0.234. The summed E-state index contributed by atoms with van der Waals surface area (Å²) in [7, 11) is -6.94. The lowest BCUT2D eigenvalue weighted by Crippen LogP contribution is -2.51. The number of ether oxygens (including phenoxy) is 1. The van der Waals surface area contributed by atoms with Crippen molar-refractivity contribution >= 4 is 59.3 Å². The van der Waals surface area contributed by atoms with Crippen LogP contribution in [-0.2, 0) is 30.1 Å². The maximum Gasteiger partial charge on any atom is 0.420 e. The first-order valence-electron chi connectivity index (χ1n) is 17.2. The summed E-state index contributed by atoms with van der Waals surface area (Å²) in [5, 5.41) is 13.0. The second-order valence-corrected chi connectivity index (χ2v) is 22.7. The van der Waals surface area contributed by atoms with Gasteiger partial charge in [0.1, 0.15) is 18.2 Å². The van der Waals surface area contributed by atoms with Crippen LogP contribution >= 0.6 is 22.9 Å². The Morgan fingerprint density at radius 3 is 2.47 bits per heavy atom. The standard InChI is InChI=1S/C35H47ClN4O8S2Si/c1-19(2)51(20(3)4,21(5)6)48-30-14-26(12-24(30)17-47-50(44,45)40-35(42)43)39-34-29(16-37-18-38-34)32(41)31-15-27(22(7)49-31)33-28-13-25(36)9-8-23(28)10-11-46-33/h8-9,13,15-16,18-21,24,26,30,33,40H,10-12,14,17H2,1-7H3,(H,42,43)(H,37,38,39)/t24-,26-,30+,33+/m1/s1. The van der Waals surface area contributed by atoms with Gasteiger partial charge >= 0.3 is 16.4 Å². The summed E-state index contributed by atoms with van der Waals surface area (Å²) < 4.78 is 44.6. The van der Waals surface area contributed by atoms with Gasteiger partial charge in [-0.05, 0) is 77.7 Å². The van der Waals surface area contributed by atoms with Gasteiger partial charge in [-0.15, -0.1) is 11.3 Å². The van der Waals surface area contributed by atoms with Crippen LogP contribution in [0.2, 0.25) is 21.6 Å². The molecule has 1 fully saturated rings. The highest BCUT2D eigenvalue weighted by Gasteiger charge is 2.49. The first kappa shape index (κ1) is 39.3. The molecule has 0 radical (unpaired) electrons. The summed E-state index contributed by atoms with van der Waals surface area (Å²) >= 11 is 7.73. The zero-order valence-electron chi connectivity index (χ0n) is 29.9. The van der Waals surface area contributed by atoms with E-state index >= 15 is 0 Å². The average Bonchev–Trinajstić information content (AvgIpc) is 3.63. The number of carbonyl (C=O) groups is 2. The zero-order valence-corrected chi connectivity index (χ0v) is 33.3. The molecule has 4 atom stereocenters. The van der Waals surface area contributed by atoms with Crippen LogP contribution in [0.4, 0.5) is 10.6 Å². The monoisotopic (exact) mass is 778 g/mol. The van der Waals surface area contributed by atoms with E-state index in [0.717, 1.165) is 22.4 Å². The van der Waals surface area contributed by atoms with Crippen molar-refractivity contribution in [2.45, 2.75) is 103 Å². The topological polar surface area (TPSA) is 166 Å². The van der Waals surface area contributed by atoms with Crippen molar-refractivity contribution in [2.75, 3.05) is 18.5 Å². The summed E-state index contributed by atoms with van der Waals surface area (Å²) in [5.41, 5.74) is 4.22. The second kappa shape index (κ2) is 16.0. The number of thiophene rings is 1. The van der Waals surface area contributed by atoms with Crippen LogP contribution in [0.3, 0.4) is 0 Å². The van der Waals surface area contributed by atoms with Gasteiger partial charge in [-0.1, -0.05) is 59.2 Å². The summed E-state index contributed by atoms with van der Waals surface area (Å²) in [4.78, 5) is 35.3. The molecule has 0 saturated heterocycles. The summed E-state index contributed by atoms with van der Waals surface area (Å²) in [5.74, 6) is -0.257. The third-order valence-corrected chi connectivity index (χ3v) is 18.4. The number of carbonyl (C=O) groups excluding carboxylic acids is 1. The van der Waals surface area contributed by atoms with Gasteiger partial charge in [0.25, 0.3) is 0 Å². The molecular weight excluding hydrogens is 732 g/mol. The molecule has 5 rings (SSSR count). The minimum Gasteiger partial charge on any atom is -0.464 e. The maximum absolute atomic E-state index is 14.1. The third kappa shape index (κ3) is 8.66. The van der Waals surface area contributed by atoms with E-state index in [1.807, 2.05) is 31.2 Å². The Morgan fingerprint density at radius 2 is 1.80 bits per heavy atom. The largest absolute Gasteiger partial charge is 0.464 e. The van der Waals surface area contributed by atoms with Gasteiger partial charge in [0.05, 0.1) is 29.8 Å². The number of anilines is 1. The van der Waals surface area contributed by atoms with Crippen molar-refractivity contribution in [3.8, 4) is 0 Å². The van der Waals surface area contributed by atoms with Crippen LogP contribution in [-0.4, -0.2) is 69.0 Å². The van der Waals surface area contributed by atoms with E-state index in [-0.39, 0.29) is 53.2 Å². The lowest BCUT2D eigenvalue weighted by atomic mass is 9.93. The fourth-order valence-corrected chi connectivity index (χ4v) is 15.4. The molecule has 2 aliphatic rings. The molecule has 1 amide bonds. The number of halogens is 1. The first-order chi connectivity index (χ1) is 24.0. The Balaban J connectivity index is 1.40. The summed E-state index contributed by atoms with van der Waals surface area (Å²) in [6, 6.07) is 7.46. The SMILES string of the molecule is Cc1sc(C(=O)c2cncnc2N[C@@H]2C[C@H](COS(=O)(=O)NC(=O)O)[C@@H](O[Si](C(C)C)(C(C)C)C(C)C)C2)cc1[C@@H]1OCCc2ccc(Cl)cc21. The number of aromatic nitrogens is 2. The molecule has 1 aliphatic heterocycles. The highest BCUT2D eigenvalue weighted by Crippen LogP contribution is 2.46. The molecule has 16 heteroatoms. The van der Waals surface area contributed by atoms with E-state index in [1.54, 1.807) is 0 Å². The van der Waals surface area contributed by atoms with Gasteiger partial charge in [-0.2, -0.15) is 13.1 Å². The molecule has 0 bridgehead atoms. The quantitative estimate of drug-likeness (QED) is 0.109. The Hall–Kier alpha value is -2.92. The van der Waals surface area contributed by atoms with Gasteiger partial charge in [-0.25, -0.2) is 14.8 Å². The highest BCUT2D eigenvalue weighted by molar-refractivity contribution is 7.85. The van der Waals surface area contributed by atoms with E-state index in [1.165, 1.54) is 34.1 Å². The molecule has 3 heterocycles. The fourth-order valence-electron chi connectivity index (χ4n) is 7.98. The molecule has 1 aliphatic carbocycles. The third-order valence-electron chi connectivity index (χ3n) is 10.1. The van der Waals surface area contributed by atoms with Crippen LogP contribution in [0.5, 0.6) is 0 Å². The minimum atomic E-state index is -4.53. The Morgan fingerprint density at radius 1 is 1.10 bits per heavy atom. The van der Waals surface area contributed by atoms with Gasteiger partial charge in [0.2, 0.25) is 14.1 Å². The van der Waals surface area contributed by atoms with Crippen molar-refractivity contribution < 1.29 is 36.5 Å². The molecule has 0 unspecified atom stereocenters. The number of ketones is 1. The molecule has 1 saturated carbocycles. The van der Waals surface area contributed by atoms with E-state index in [0.29, 0.717) is 40.7 Å². The van der Waals surface area contributed by atoms with Crippen LogP contribution in [0.1, 0.15) is 97.3 Å². The zero-order chi connectivity index (χ0) is 37.2. The molecule has 51 heavy (non-hydrogen) atoms. The highest BCUT2D eigenvalue weighted by atomic mass is 35.5. The molecule has 278 valence electrons. The van der Waals surface area contributed by atoms with Crippen molar-refractivity contribution in [1.29, 1.82) is 0 Å². The Bertz CT molecular complexity index is 1830. The fraction of sp³-hybridized carbons (Fsp3) is 0.543. The molecule has 3 aromatic rings. The number of benzene rings is 1. The van der Waals surface area contributed by atoms with Crippen molar-refractivity contribution in [3.05, 3.63) is 73.8 Å². The molecule has 3 N–H and O–H groups in total. The van der Waals surface area contributed by atoms with Gasteiger partial charge in [0, 0.05) is 28.1 Å². The number of nitrogens with one attached hydrogen (secondary N) is 2. The van der Waals surface area contributed by atoms with Crippen molar-refractivity contribution in [1.82, 2.24) is 14.7 Å². The number of rotatable bonds is 14. The predicted octanol–water partition coefficient (Wildman–Crippen LogP) is 7.67. The van der Waals surface area contributed by atoms with Crippen molar-refractivity contribution in [3.63, 3.8) is 0 Å². The normalized spacial score (nSPS) is 20.9. The Kier molecular flexibility index (Phi) is 12.3. The Labute approximate surface area is 310 Å². The van der Waals surface area contributed by atoms with Crippen LogP contribution in [0.15, 0.2) is 36.8 Å². The molecule has 1 aromatic carbocycles. The second-order valence-electron chi connectivity index (χ2n) is 14.3. The predicted molar refractivity (Wildman–Crippen MR) is 200 cm³/mol. The number of aryl methyl sites for hydroxylation is 1. The molecule has 0 spiro atoms. The number of hydrogen-bond donors (Lipinski definition) is 3. The van der Waals surface area contributed by atoms with Crippen molar-refractivity contribution in [2.24, 2.45) is 5.92 Å². The summed E-state index contributed by atoms with van der Waals surface area (Å²) in [6.45, 7) is 15.3. The number of hydrogen-bond acceptors (Lipinski definition) is 11. The summed E-state index contributed by atoms with van der Waals surface area (Å²) in [6.07, 6.45) is 2.17. The molecule has 12 nitrogen and oxygen atoms in total. The van der Waals surface area contributed by atoms with Crippen LogP contribution in [0.25, 0.3) is 0 Å². The lowest BCUT2D eigenvalue weighted by Gasteiger charge is -2.45. The van der Waals surface area contributed by atoms with Gasteiger partial charge < -0.3 is 19.6 Å². The number of fused-ring (bicyclic) bond motifs is 1. The molecular formula is C35H47ClN4O8S2Si. The van der Waals surface area contributed by atoms with E-state index in [4.69, 9.17) is 30.1 Å². The van der Waals surface area contributed by atoms with Crippen LogP contribution < -0.4 is 10.0 Å². The lowest BCUT2D eigenvalue weighted by molar-refractivity contribution is 0.0697. The van der Waals surface area contributed by atoms with Crippen LogP contribution in [0, 0.1) is 12.8 Å². The smallest absolute Gasteiger partial charge is 0.420 e. The number of carboxylic acid groups (broad SMARTS) is 1. The van der Waals surface area contributed by atoms with Gasteiger partial charge in [-0.3, -0.25) is 8.98 Å². The average molecular weight is 779 g/mol. The maximum atomic E-state index is 14.1. The first-order valence-corrected chi connectivity index (χ1v) is 22.0. The van der Waals surface area contributed by atoms with E-state index < -0.39 is 24.7 Å². The van der Waals surface area contributed by atoms with E-state index in [9.17, 15) is 18.0 Å². The van der Waals surface area contributed by atoms with Gasteiger partial charge in [0.15, 0.2) is 0 Å². The number of nitrogens with zero attached hydrogens (tertiary/aromatic N) is 2. The van der Waals surface area contributed by atoms with E-state index in [2.05, 4.69) is 56.8 Å². The number of amides is 1.